The van der Waals surface area contributed by atoms with E-state index in [-0.39, 0.29) is 5.91 Å². The molecule has 0 radical (unpaired) electrons. The van der Waals surface area contributed by atoms with Crippen LogP contribution in [0.25, 0.3) is 0 Å². The molecule has 1 unspecified atom stereocenters. The summed E-state index contributed by atoms with van der Waals surface area (Å²) in [6.07, 6.45) is 1.02. The van der Waals surface area contributed by atoms with Gasteiger partial charge in [0.05, 0.1) is 23.9 Å². The van der Waals surface area contributed by atoms with Gasteiger partial charge in [-0.25, -0.2) is 0 Å². The van der Waals surface area contributed by atoms with Crippen LogP contribution in [0.15, 0.2) is 18.2 Å². The fraction of sp³-hybridized carbons (Fsp3) is 0.533. The van der Waals surface area contributed by atoms with Gasteiger partial charge in [0.15, 0.2) is 0 Å². The molecule has 2 heterocycles. The van der Waals surface area contributed by atoms with E-state index < -0.39 is 0 Å². The molecule has 2 aliphatic rings. The van der Waals surface area contributed by atoms with Gasteiger partial charge >= 0.3 is 0 Å². The van der Waals surface area contributed by atoms with Gasteiger partial charge in [0.25, 0.3) is 5.91 Å². The molecule has 1 atom stereocenters. The summed E-state index contributed by atoms with van der Waals surface area (Å²) in [6.45, 7) is 5.07. The summed E-state index contributed by atoms with van der Waals surface area (Å²) < 4.78 is 5.38. The van der Waals surface area contributed by atoms with Crippen molar-refractivity contribution in [2.75, 3.05) is 45.1 Å². The molecule has 0 aliphatic carbocycles. The second-order valence-corrected chi connectivity index (χ2v) is 5.99. The van der Waals surface area contributed by atoms with Crippen LogP contribution in [0.2, 0.25) is 5.02 Å². The molecule has 21 heavy (non-hydrogen) atoms. The number of amides is 1. The van der Waals surface area contributed by atoms with Crippen molar-refractivity contribution < 1.29 is 9.53 Å². The normalized spacial score (nSPS) is 23.5. The molecule has 0 aromatic heterocycles. The Hall–Kier alpha value is -1.30. The first-order valence-electron chi connectivity index (χ1n) is 7.31. The van der Waals surface area contributed by atoms with Crippen molar-refractivity contribution in [1.29, 1.82) is 0 Å². The van der Waals surface area contributed by atoms with Gasteiger partial charge in [0.2, 0.25) is 0 Å². The highest BCUT2D eigenvalue weighted by Crippen LogP contribution is 2.23. The van der Waals surface area contributed by atoms with Crippen LogP contribution in [0, 0.1) is 0 Å². The van der Waals surface area contributed by atoms with E-state index in [1.165, 1.54) is 0 Å². The zero-order valence-electron chi connectivity index (χ0n) is 11.9. The summed E-state index contributed by atoms with van der Waals surface area (Å²) in [4.78, 5) is 16.9. The van der Waals surface area contributed by atoms with Gasteiger partial charge in [0, 0.05) is 37.8 Å². The van der Waals surface area contributed by atoms with Crippen LogP contribution in [0.1, 0.15) is 16.8 Å². The lowest BCUT2D eigenvalue weighted by Gasteiger charge is -2.32. The summed E-state index contributed by atoms with van der Waals surface area (Å²) in [5.41, 5.74) is 6.84. The van der Waals surface area contributed by atoms with Crippen LogP contribution >= 0.6 is 11.6 Å². The SMILES string of the molecule is Nc1cc(C(=O)N2CCC(N3CCOCC3)C2)ccc1Cl. The Bertz CT molecular complexity index is 532. The van der Waals surface area contributed by atoms with E-state index in [0.717, 1.165) is 45.8 Å². The lowest BCUT2D eigenvalue weighted by Crippen LogP contribution is -2.45. The van der Waals surface area contributed by atoms with Crippen LogP contribution in [-0.2, 0) is 4.74 Å². The molecule has 1 aromatic carbocycles. The molecule has 3 rings (SSSR count). The molecule has 5 nitrogen and oxygen atoms in total. The first-order chi connectivity index (χ1) is 10.1. The third kappa shape index (κ3) is 3.15. The summed E-state index contributed by atoms with van der Waals surface area (Å²) in [5, 5.41) is 0.485. The fourth-order valence-corrected chi connectivity index (χ4v) is 3.14. The van der Waals surface area contributed by atoms with Crippen LogP contribution in [-0.4, -0.2) is 61.1 Å². The number of hydrogen-bond donors (Lipinski definition) is 1. The summed E-state index contributed by atoms with van der Waals surface area (Å²) in [7, 11) is 0. The molecule has 114 valence electrons. The standard InChI is InChI=1S/C15H20ClN3O2/c16-13-2-1-11(9-14(13)17)15(20)19-4-3-12(10-19)18-5-7-21-8-6-18/h1-2,9,12H,3-8,10,17H2. The van der Waals surface area contributed by atoms with Gasteiger partial charge in [-0.3, -0.25) is 9.69 Å². The molecule has 0 spiro atoms. The van der Waals surface area contributed by atoms with Gasteiger partial charge in [-0.05, 0) is 24.6 Å². The number of rotatable bonds is 2. The molecular weight excluding hydrogens is 290 g/mol. The molecule has 2 fully saturated rings. The molecule has 2 aliphatic heterocycles. The minimum atomic E-state index is 0.0362. The highest BCUT2D eigenvalue weighted by molar-refractivity contribution is 6.33. The van der Waals surface area contributed by atoms with Crippen molar-refractivity contribution in [3.8, 4) is 0 Å². The first-order valence-corrected chi connectivity index (χ1v) is 7.69. The molecule has 0 bridgehead atoms. The second-order valence-electron chi connectivity index (χ2n) is 5.58. The molecule has 2 N–H and O–H groups in total. The zero-order valence-corrected chi connectivity index (χ0v) is 12.7. The smallest absolute Gasteiger partial charge is 0.253 e. The summed E-state index contributed by atoms with van der Waals surface area (Å²) >= 11 is 5.90. The minimum Gasteiger partial charge on any atom is -0.398 e. The van der Waals surface area contributed by atoms with Crippen molar-refractivity contribution in [2.45, 2.75) is 12.5 Å². The van der Waals surface area contributed by atoms with E-state index in [0.29, 0.717) is 22.3 Å². The topological polar surface area (TPSA) is 58.8 Å². The average molecular weight is 310 g/mol. The van der Waals surface area contributed by atoms with Crippen molar-refractivity contribution in [3.63, 3.8) is 0 Å². The van der Waals surface area contributed by atoms with Gasteiger partial charge in [0.1, 0.15) is 0 Å². The maximum absolute atomic E-state index is 12.5. The van der Waals surface area contributed by atoms with Gasteiger partial charge in [-0.2, -0.15) is 0 Å². The number of ether oxygens (including phenoxy) is 1. The Labute approximate surface area is 129 Å². The van der Waals surface area contributed by atoms with E-state index >= 15 is 0 Å². The highest BCUT2D eigenvalue weighted by atomic mass is 35.5. The molecule has 6 heteroatoms. The number of carbonyl (C=O) groups is 1. The predicted molar refractivity (Wildman–Crippen MR) is 82.6 cm³/mol. The van der Waals surface area contributed by atoms with E-state index in [2.05, 4.69) is 4.90 Å². The van der Waals surface area contributed by atoms with Crippen LogP contribution in [0.5, 0.6) is 0 Å². The minimum absolute atomic E-state index is 0.0362. The predicted octanol–water partition coefficient (Wildman–Crippen LogP) is 1.47. The van der Waals surface area contributed by atoms with Crippen LogP contribution in [0.3, 0.4) is 0 Å². The number of morpholine rings is 1. The molecular formula is C15H20ClN3O2. The third-order valence-electron chi connectivity index (χ3n) is 4.26. The number of nitrogens with two attached hydrogens (primary N) is 1. The molecule has 0 saturated carbocycles. The first kappa shape index (κ1) is 14.6. The zero-order chi connectivity index (χ0) is 14.8. The third-order valence-corrected chi connectivity index (χ3v) is 4.60. The van der Waals surface area contributed by atoms with Crippen molar-refractivity contribution in [3.05, 3.63) is 28.8 Å². The van der Waals surface area contributed by atoms with Gasteiger partial charge < -0.3 is 15.4 Å². The summed E-state index contributed by atoms with van der Waals surface area (Å²) in [6, 6.07) is 5.53. The lowest BCUT2D eigenvalue weighted by molar-refractivity contribution is 0.0185. The number of anilines is 1. The average Bonchev–Trinajstić information content (AvgIpc) is 3.00. The van der Waals surface area contributed by atoms with Gasteiger partial charge in [-0.15, -0.1) is 0 Å². The number of carbonyl (C=O) groups excluding carboxylic acids is 1. The number of nitrogens with zero attached hydrogens (tertiary/aromatic N) is 2. The van der Waals surface area contributed by atoms with Crippen molar-refractivity contribution in [1.82, 2.24) is 9.80 Å². The number of benzene rings is 1. The number of hydrogen-bond acceptors (Lipinski definition) is 4. The maximum atomic E-state index is 12.5. The monoisotopic (exact) mass is 309 g/mol. The molecule has 2 saturated heterocycles. The van der Waals surface area contributed by atoms with Crippen LogP contribution in [0.4, 0.5) is 5.69 Å². The lowest BCUT2D eigenvalue weighted by atomic mass is 10.2. The number of likely N-dealkylation sites (tertiary alicyclic amines) is 1. The Morgan fingerprint density at radius 3 is 2.76 bits per heavy atom. The number of nitrogen functional groups attached to an aromatic ring is 1. The second kappa shape index (κ2) is 6.22. The number of halogens is 1. The largest absolute Gasteiger partial charge is 0.398 e. The highest BCUT2D eigenvalue weighted by Gasteiger charge is 2.31. The van der Waals surface area contributed by atoms with E-state index in [1.807, 2.05) is 4.90 Å². The van der Waals surface area contributed by atoms with E-state index in [9.17, 15) is 4.79 Å². The summed E-state index contributed by atoms with van der Waals surface area (Å²) in [5.74, 6) is 0.0362. The Morgan fingerprint density at radius 2 is 2.05 bits per heavy atom. The Balaban J connectivity index is 1.64. The van der Waals surface area contributed by atoms with E-state index in [1.54, 1.807) is 18.2 Å². The van der Waals surface area contributed by atoms with Crippen molar-refractivity contribution >= 4 is 23.2 Å². The molecule has 1 amide bonds. The van der Waals surface area contributed by atoms with E-state index in [4.69, 9.17) is 22.1 Å². The van der Waals surface area contributed by atoms with Gasteiger partial charge in [-0.1, -0.05) is 11.6 Å². The Morgan fingerprint density at radius 1 is 1.29 bits per heavy atom. The molecule has 1 aromatic rings. The van der Waals surface area contributed by atoms with Crippen molar-refractivity contribution in [2.24, 2.45) is 0 Å². The quantitative estimate of drug-likeness (QED) is 0.841. The fourth-order valence-electron chi connectivity index (χ4n) is 3.03. The maximum Gasteiger partial charge on any atom is 0.253 e. The van der Waals surface area contributed by atoms with Crippen LogP contribution < -0.4 is 5.73 Å². The Kier molecular flexibility index (Phi) is 4.33.